The molecule has 0 saturated heterocycles. The molecule has 1 aliphatic rings. The predicted octanol–water partition coefficient (Wildman–Crippen LogP) is 2.26. The van der Waals surface area contributed by atoms with Crippen LogP contribution in [0.4, 0.5) is 0 Å². The molecule has 1 saturated carbocycles. The molecule has 0 spiro atoms. The standard InChI is InChI=1S/C14H24N2O3S2/c1-4-7-15-9-12-8-13(11(2)19-12)21(17,18)16-10-14(20-3)5-6-14/h8,15-16H,4-7,9-10H2,1-3H3. The lowest BCUT2D eigenvalue weighted by atomic mass is 10.4. The summed E-state index contributed by atoms with van der Waals surface area (Å²) in [5, 5.41) is 3.21. The lowest BCUT2D eigenvalue weighted by molar-refractivity contribution is 0.457. The van der Waals surface area contributed by atoms with E-state index in [1.807, 2.05) is 6.26 Å². The highest BCUT2D eigenvalue weighted by molar-refractivity contribution is 8.00. The zero-order valence-electron chi connectivity index (χ0n) is 12.9. The number of hydrogen-bond acceptors (Lipinski definition) is 5. The second-order valence-electron chi connectivity index (χ2n) is 5.52. The third-order valence-electron chi connectivity index (χ3n) is 3.76. The molecule has 1 aromatic rings. The minimum absolute atomic E-state index is 0.107. The molecule has 1 fully saturated rings. The van der Waals surface area contributed by atoms with Gasteiger partial charge >= 0.3 is 0 Å². The third-order valence-corrected chi connectivity index (χ3v) is 6.69. The first-order chi connectivity index (χ1) is 9.92. The summed E-state index contributed by atoms with van der Waals surface area (Å²) in [7, 11) is -3.49. The third kappa shape index (κ3) is 4.25. The van der Waals surface area contributed by atoms with Crippen molar-refractivity contribution in [3.05, 3.63) is 17.6 Å². The van der Waals surface area contributed by atoms with Gasteiger partial charge in [0.25, 0.3) is 0 Å². The number of sulfonamides is 1. The van der Waals surface area contributed by atoms with Gasteiger partial charge in [0.1, 0.15) is 16.4 Å². The van der Waals surface area contributed by atoms with Gasteiger partial charge in [-0.1, -0.05) is 6.92 Å². The van der Waals surface area contributed by atoms with Gasteiger partial charge in [-0.15, -0.1) is 0 Å². The Labute approximate surface area is 131 Å². The van der Waals surface area contributed by atoms with E-state index in [1.54, 1.807) is 24.8 Å². The first kappa shape index (κ1) is 16.9. The SMILES string of the molecule is CCCNCc1cc(S(=O)(=O)NCC2(SC)CC2)c(C)o1. The molecule has 21 heavy (non-hydrogen) atoms. The smallest absolute Gasteiger partial charge is 0.244 e. The van der Waals surface area contributed by atoms with E-state index in [-0.39, 0.29) is 9.64 Å². The second kappa shape index (κ2) is 6.73. The van der Waals surface area contributed by atoms with Crippen LogP contribution in [0, 0.1) is 6.92 Å². The molecule has 1 heterocycles. The van der Waals surface area contributed by atoms with Gasteiger partial charge in [-0.2, -0.15) is 11.8 Å². The molecule has 0 bridgehead atoms. The fourth-order valence-electron chi connectivity index (χ4n) is 2.16. The Morgan fingerprint density at radius 3 is 2.71 bits per heavy atom. The van der Waals surface area contributed by atoms with E-state index in [0.29, 0.717) is 24.6 Å². The van der Waals surface area contributed by atoms with Crippen LogP contribution in [0.1, 0.15) is 37.7 Å². The quantitative estimate of drug-likeness (QED) is 0.679. The Bertz CT molecular complexity index is 577. The van der Waals surface area contributed by atoms with Crippen molar-refractivity contribution in [2.45, 2.75) is 49.3 Å². The fourth-order valence-corrected chi connectivity index (χ4v) is 4.31. The Hall–Kier alpha value is -0.500. The van der Waals surface area contributed by atoms with E-state index in [4.69, 9.17) is 4.42 Å². The molecule has 0 unspecified atom stereocenters. The second-order valence-corrected chi connectivity index (χ2v) is 8.53. The first-order valence-corrected chi connectivity index (χ1v) is 9.98. The van der Waals surface area contributed by atoms with Crippen molar-refractivity contribution >= 4 is 21.8 Å². The molecule has 2 rings (SSSR count). The van der Waals surface area contributed by atoms with Crippen molar-refractivity contribution in [3.63, 3.8) is 0 Å². The van der Waals surface area contributed by atoms with Crippen LogP contribution in [0.2, 0.25) is 0 Å². The molecule has 7 heteroatoms. The van der Waals surface area contributed by atoms with Crippen molar-refractivity contribution in [1.29, 1.82) is 0 Å². The van der Waals surface area contributed by atoms with Crippen molar-refractivity contribution in [2.24, 2.45) is 0 Å². The van der Waals surface area contributed by atoms with Gasteiger partial charge < -0.3 is 9.73 Å². The van der Waals surface area contributed by atoms with Crippen LogP contribution in [0.15, 0.2) is 15.4 Å². The molecule has 1 aromatic heterocycles. The molecule has 0 aliphatic heterocycles. The van der Waals surface area contributed by atoms with Crippen LogP contribution in [-0.4, -0.2) is 32.5 Å². The van der Waals surface area contributed by atoms with Crippen LogP contribution >= 0.6 is 11.8 Å². The maximum atomic E-state index is 12.4. The summed E-state index contributed by atoms with van der Waals surface area (Å²) in [5.74, 6) is 1.11. The number of hydrogen-bond donors (Lipinski definition) is 2. The van der Waals surface area contributed by atoms with E-state index in [2.05, 4.69) is 17.0 Å². The monoisotopic (exact) mass is 332 g/mol. The van der Waals surface area contributed by atoms with Crippen molar-refractivity contribution < 1.29 is 12.8 Å². The lowest BCUT2D eigenvalue weighted by Crippen LogP contribution is -2.31. The zero-order chi connectivity index (χ0) is 15.5. The summed E-state index contributed by atoms with van der Waals surface area (Å²) in [6.07, 6.45) is 5.21. The van der Waals surface area contributed by atoms with Gasteiger partial charge in [0.15, 0.2) is 0 Å². The summed E-state index contributed by atoms with van der Waals surface area (Å²) in [5.41, 5.74) is 0. The Balaban J connectivity index is 2.02. The molecule has 0 atom stereocenters. The number of nitrogens with one attached hydrogen (secondary N) is 2. The molecule has 0 radical (unpaired) electrons. The first-order valence-electron chi connectivity index (χ1n) is 7.27. The Kier molecular flexibility index (Phi) is 5.40. The number of thioether (sulfide) groups is 1. The largest absolute Gasteiger partial charge is 0.464 e. The molecule has 2 N–H and O–H groups in total. The zero-order valence-corrected chi connectivity index (χ0v) is 14.5. The molecule has 0 aromatic carbocycles. The van der Waals surface area contributed by atoms with Crippen LogP contribution < -0.4 is 10.0 Å². The predicted molar refractivity (Wildman–Crippen MR) is 86.1 cm³/mol. The average Bonchev–Trinajstić information content (AvgIpc) is 3.14. The summed E-state index contributed by atoms with van der Waals surface area (Å²) in [4.78, 5) is 0.257. The highest BCUT2D eigenvalue weighted by atomic mass is 32.2. The minimum atomic E-state index is -3.49. The van der Waals surface area contributed by atoms with Gasteiger partial charge in [0, 0.05) is 17.4 Å². The minimum Gasteiger partial charge on any atom is -0.464 e. The van der Waals surface area contributed by atoms with Crippen LogP contribution in [0.3, 0.4) is 0 Å². The molecule has 120 valence electrons. The number of furan rings is 1. The topological polar surface area (TPSA) is 71.3 Å². The molecule has 1 aliphatic carbocycles. The average molecular weight is 332 g/mol. The highest BCUT2D eigenvalue weighted by Gasteiger charge is 2.42. The molecular formula is C14H24N2O3S2. The molecular weight excluding hydrogens is 308 g/mol. The summed E-state index contributed by atoms with van der Waals surface area (Å²) in [6.45, 7) is 5.71. The summed E-state index contributed by atoms with van der Waals surface area (Å²) < 4.78 is 33.1. The van der Waals surface area contributed by atoms with E-state index in [0.717, 1.165) is 25.8 Å². The summed E-state index contributed by atoms with van der Waals surface area (Å²) >= 11 is 1.74. The highest BCUT2D eigenvalue weighted by Crippen LogP contribution is 2.46. The lowest BCUT2D eigenvalue weighted by Gasteiger charge is -2.12. The molecule has 0 amide bonds. The van der Waals surface area contributed by atoms with Crippen molar-refractivity contribution in [2.75, 3.05) is 19.3 Å². The number of aryl methyl sites for hydroxylation is 1. The Morgan fingerprint density at radius 2 is 2.14 bits per heavy atom. The van der Waals surface area contributed by atoms with E-state index < -0.39 is 10.0 Å². The van der Waals surface area contributed by atoms with Crippen LogP contribution in [-0.2, 0) is 16.6 Å². The van der Waals surface area contributed by atoms with E-state index in [1.165, 1.54) is 0 Å². The van der Waals surface area contributed by atoms with Gasteiger partial charge in [-0.3, -0.25) is 0 Å². The van der Waals surface area contributed by atoms with E-state index in [9.17, 15) is 8.42 Å². The number of rotatable bonds is 9. The fraction of sp³-hybridized carbons (Fsp3) is 0.714. The molecule has 5 nitrogen and oxygen atoms in total. The summed E-state index contributed by atoms with van der Waals surface area (Å²) in [6, 6.07) is 1.62. The van der Waals surface area contributed by atoms with Crippen molar-refractivity contribution in [3.8, 4) is 0 Å². The van der Waals surface area contributed by atoms with Gasteiger partial charge in [0.05, 0.1) is 6.54 Å². The van der Waals surface area contributed by atoms with Crippen molar-refractivity contribution in [1.82, 2.24) is 10.0 Å². The Morgan fingerprint density at radius 1 is 1.43 bits per heavy atom. The maximum Gasteiger partial charge on any atom is 0.244 e. The van der Waals surface area contributed by atoms with Gasteiger partial charge in [-0.05, 0) is 39.0 Å². The maximum absolute atomic E-state index is 12.4. The van der Waals surface area contributed by atoms with Gasteiger partial charge in [-0.25, -0.2) is 13.1 Å². The van der Waals surface area contributed by atoms with Crippen LogP contribution in [0.25, 0.3) is 0 Å². The van der Waals surface area contributed by atoms with Gasteiger partial charge in [0.2, 0.25) is 10.0 Å². The van der Waals surface area contributed by atoms with Crippen LogP contribution in [0.5, 0.6) is 0 Å². The van der Waals surface area contributed by atoms with E-state index >= 15 is 0 Å². The normalized spacial score (nSPS) is 17.1.